The number of nitrogens with one attached hydrogen (secondary N) is 1. The normalized spacial score (nSPS) is 16.6. The van der Waals surface area contributed by atoms with Gasteiger partial charge in [0, 0.05) is 18.8 Å². The van der Waals surface area contributed by atoms with Crippen LogP contribution in [0.15, 0.2) is 60.3 Å². The zero-order valence-electron chi connectivity index (χ0n) is 16.0. The van der Waals surface area contributed by atoms with Crippen molar-refractivity contribution < 1.29 is 4.79 Å². The Balaban J connectivity index is 1.80. The molecule has 0 spiro atoms. The average molecular weight is 380 g/mol. The van der Waals surface area contributed by atoms with Crippen LogP contribution < -0.4 is 10.2 Å². The topological polar surface area (TPSA) is 35.6 Å². The highest BCUT2D eigenvalue weighted by Crippen LogP contribution is 2.26. The number of rotatable bonds is 6. The zero-order valence-corrected chi connectivity index (χ0v) is 16.8. The number of hydrogen-bond donors (Lipinski definition) is 1. The van der Waals surface area contributed by atoms with Crippen LogP contribution in [0.5, 0.6) is 0 Å². The van der Waals surface area contributed by atoms with Crippen molar-refractivity contribution in [2.45, 2.75) is 26.8 Å². The molecule has 1 heterocycles. The Bertz CT molecular complexity index is 842. The van der Waals surface area contributed by atoms with Gasteiger partial charge in [-0.2, -0.15) is 0 Å². The lowest BCUT2D eigenvalue weighted by atomic mass is 10.1. The maximum Gasteiger partial charge on any atom is 0.277 e. The van der Waals surface area contributed by atoms with E-state index in [1.54, 1.807) is 4.90 Å². The number of thiocarbonyl (C=S) groups is 1. The van der Waals surface area contributed by atoms with E-state index in [0.717, 1.165) is 24.2 Å². The summed E-state index contributed by atoms with van der Waals surface area (Å²) in [7, 11) is 0. The maximum atomic E-state index is 12.9. The van der Waals surface area contributed by atoms with Crippen LogP contribution in [-0.4, -0.2) is 29.0 Å². The first-order valence-corrected chi connectivity index (χ1v) is 9.72. The summed E-state index contributed by atoms with van der Waals surface area (Å²) in [6.45, 7) is 8.21. The highest BCUT2D eigenvalue weighted by Gasteiger charge is 2.34. The number of hydrogen-bond acceptors (Lipinski definition) is 3. The van der Waals surface area contributed by atoms with E-state index in [1.165, 1.54) is 5.69 Å². The minimum absolute atomic E-state index is 0.0934. The Morgan fingerprint density at radius 3 is 2.30 bits per heavy atom. The quantitative estimate of drug-likeness (QED) is 0.598. The van der Waals surface area contributed by atoms with Gasteiger partial charge in [-0.25, -0.2) is 0 Å². The van der Waals surface area contributed by atoms with Crippen molar-refractivity contribution in [3.63, 3.8) is 0 Å². The van der Waals surface area contributed by atoms with E-state index in [4.69, 9.17) is 12.2 Å². The van der Waals surface area contributed by atoms with Crippen molar-refractivity contribution in [1.82, 2.24) is 10.2 Å². The molecule has 1 N–H and O–H groups in total. The summed E-state index contributed by atoms with van der Waals surface area (Å²) in [6.07, 6.45) is 1.86. The van der Waals surface area contributed by atoms with E-state index >= 15 is 0 Å². The van der Waals surface area contributed by atoms with E-state index in [2.05, 4.69) is 36.2 Å². The van der Waals surface area contributed by atoms with Gasteiger partial charge < -0.3 is 10.2 Å². The van der Waals surface area contributed by atoms with Crippen molar-refractivity contribution in [3.05, 3.63) is 71.4 Å². The molecular formula is C22H25N3OS. The minimum Gasteiger partial charge on any atom is -0.372 e. The molecular weight excluding hydrogens is 354 g/mol. The molecule has 4 nitrogen and oxygen atoms in total. The molecule has 27 heavy (non-hydrogen) atoms. The summed E-state index contributed by atoms with van der Waals surface area (Å²) < 4.78 is 0. The van der Waals surface area contributed by atoms with Crippen LogP contribution in [0.2, 0.25) is 0 Å². The van der Waals surface area contributed by atoms with Crippen molar-refractivity contribution in [3.8, 4) is 0 Å². The van der Waals surface area contributed by atoms with E-state index < -0.39 is 0 Å². The Kier molecular flexibility index (Phi) is 5.91. The van der Waals surface area contributed by atoms with Crippen LogP contribution in [0.3, 0.4) is 0 Å². The third-order valence-electron chi connectivity index (χ3n) is 4.91. The van der Waals surface area contributed by atoms with Crippen molar-refractivity contribution in [1.29, 1.82) is 0 Å². The van der Waals surface area contributed by atoms with E-state index in [9.17, 15) is 4.79 Å². The lowest BCUT2D eigenvalue weighted by Crippen LogP contribution is -2.33. The van der Waals surface area contributed by atoms with E-state index in [-0.39, 0.29) is 11.9 Å². The van der Waals surface area contributed by atoms with E-state index in [0.29, 0.717) is 10.8 Å². The van der Waals surface area contributed by atoms with Gasteiger partial charge in [0.25, 0.3) is 5.91 Å². The Labute approximate surface area is 166 Å². The minimum atomic E-state index is -0.116. The molecule has 0 radical (unpaired) electrons. The molecule has 1 saturated heterocycles. The molecule has 0 bridgehead atoms. The number of anilines is 1. The molecule has 0 aromatic heterocycles. The van der Waals surface area contributed by atoms with Gasteiger partial charge in [0.15, 0.2) is 5.11 Å². The van der Waals surface area contributed by atoms with Gasteiger partial charge in [-0.3, -0.25) is 9.69 Å². The van der Waals surface area contributed by atoms with E-state index in [1.807, 2.05) is 55.5 Å². The van der Waals surface area contributed by atoms with Gasteiger partial charge in [0.05, 0.1) is 6.04 Å². The first kappa shape index (κ1) is 19.1. The third-order valence-corrected chi connectivity index (χ3v) is 5.21. The van der Waals surface area contributed by atoms with Crippen LogP contribution >= 0.6 is 12.2 Å². The second-order valence-corrected chi connectivity index (χ2v) is 6.90. The summed E-state index contributed by atoms with van der Waals surface area (Å²) >= 11 is 5.42. The molecule has 5 heteroatoms. The molecule has 2 aromatic rings. The van der Waals surface area contributed by atoms with Gasteiger partial charge in [-0.05, 0) is 62.3 Å². The van der Waals surface area contributed by atoms with Crippen LogP contribution in [0.1, 0.15) is 37.9 Å². The highest BCUT2D eigenvalue weighted by molar-refractivity contribution is 7.80. The standard InChI is InChI=1S/C22H25N3OS/c1-4-24(5-2)19-13-11-17(12-14-19)15-20-21(26)25(22(27)23-20)16(3)18-9-7-6-8-10-18/h6-16H,4-5H2,1-3H3,(H,23,27)/b20-15-. The molecule has 140 valence electrons. The van der Waals surface area contributed by atoms with Crippen molar-refractivity contribution in [2.75, 3.05) is 18.0 Å². The Morgan fingerprint density at radius 2 is 1.70 bits per heavy atom. The lowest BCUT2D eigenvalue weighted by Gasteiger charge is -2.23. The summed E-state index contributed by atoms with van der Waals surface area (Å²) in [4.78, 5) is 16.8. The number of benzene rings is 2. The summed E-state index contributed by atoms with van der Waals surface area (Å²) in [5.74, 6) is -0.0934. The Hall–Kier alpha value is -2.66. The molecule has 0 aliphatic carbocycles. The molecule has 1 unspecified atom stereocenters. The lowest BCUT2D eigenvalue weighted by molar-refractivity contribution is -0.123. The number of carbonyl (C=O) groups excluding carboxylic acids is 1. The third kappa shape index (κ3) is 4.03. The molecule has 1 aliphatic heterocycles. The fourth-order valence-electron chi connectivity index (χ4n) is 3.32. The zero-order chi connectivity index (χ0) is 19.4. The predicted octanol–water partition coefficient (Wildman–Crippen LogP) is 4.35. The summed E-state index contributed by atoms with van der Waals surface area (Å²) in [5.41, 5.74) is 3.72. The largest absolute Gasteiger partial charge is 0.372 e. The van der Waals surface area contributed by atoms with Gasteiger partial charge in [-0.1, -0.05) is 42.5 Å². The second kappa shape index (κ2) is 8.35. The monoisotopic (exact) mass is 379 g/mol. The number of carbonyl (C=O) groups is 1. The number of amides is 1. The van der Waals surface area contributed by atoms with Crippen LogP contribution in [0.4, 0.5) is 5.69 Å². The summed E-state index contributed by atoms with van der Waals surface area (Å²) in [6, 6.07) is 18.0. The second-order valence-electron chi connectivity index (χ2n) is 6.51. The first-order chi connectivity index (χ1) is 13.0. The average Bonchev–Trinajstić information content (AvgIpc) is 2.97. The van der Waals surface area contributed by atoms with Crippen LogP contribution in [0.25, 0.3) is 6.08 Å². The predicted molar refractivity (Wildman–Crippen MR) is 115 cm³/mol. The maximum absolute atomic E-state index is 12.9. The fraction of sp³-hybridized carbons (Fsp3) is 0.273. The summed E-state index contributed by atoms with van der Waals surface area (Å²) in [5, 5.41) is 3.52. The molecule has 3 rings (SSSR count). The van der Waals surface area contributed by atoms with Gasteiger partial charge >= 0.3 is 0 Å². The smallest absolute Gasteiger partial charge is 0.277 e. The van der Waals surface area contributed by atoms with Crippen molar-refractivity contribution >= 4 is 35.0 Å². The van der Waals surface area contributed by atoms with Gasteiger partial charge in [-0.15, -0.1) is 0 Å². The Morgan fingerprint density at radius 1 is 1.07 bits per heavy atom. The SMILES string of the molecule is CCN(CC)c1ccc(/C=C2\NC(=S)N(C(C)c3ccccc3)C2=O)cc1. The molecule has 2 aromatic carbocycles. The molecule has 1 amide bonds. The molecule has 1 aliphatic rings. The molecule has 0 saturated carbocycles. The fourth-order valence-corrected chi connectivity index (χ4v) is 3.67. The van der Waals surface area contributed by atoms with Crippen LogP contribution in [0, 0.1) is 0 Å². The highest BCUT2D eigenvalue weighted by atomic mass is 32.1. The molecule has 1 fully saturated rings. The van der Waals surface area contributed by atoms with Gasteiger partial charge in [0.2, 0.25) is 0 Å². The van der Waals surface area contributed by atoms with Gasteiger partial charge in [0.1, 0.15) is 5.70 Å². The number of nitrogens with zero attached hydrogens (tertiary/aromatic N) is 2. The molecule has 1 atom stereocenters. The van der Waals surface area contributed by atoms with Crippen molar-refractivity contribution in [2.24, 2.45) is 0 Å². The first-order valence-electron chi connectivity index (χ1n) is 9.31. The van der Waals surface area contributed by atoms with Crippen LogP contribution in [-0.2, 0) is 4.79 Å².